The van der Waals surface area contributed by atoms with Crippen molar-refractivity contribution in [3.63, 3.8) is 0 Å². The summed E-state index contributed by atoms with van der Waals surface area (Å²) in [5.74, 6) is 1.30. The smallest absolute Gasteiger partial charge is 0.329 e. The van der Waals surface area contributed by atoms with Gasteiger partial charge in [0.15, 0.2) is 0 Å². The highest BCUT2D eigenvalue weighted by atomic mass is 16.2. The van der Waals surface area contributed by atoms with Crippen molar-refractivity contribution in [2.24, 2.45) is 7.05 Å². The zero-order chi connectivity index (χ0) is 18.3. The van der Waals surface area contributed by atoms with E-state index in [4.69, 9.17) is 0 Å². The Labute approximate surface area is 152 Å². The summed E-state index contributed by atoms with van der Waals surface area (Å²) in [6.07, 6.45) is 3.40. The third-order valence-electron chi connectivity index (χ3n) is 5.82. The summed E-state index contributed by atoms with van der Waals surface area (Å²) in [6.45, 7) is 3.81. The molecule has 6 heteroatoms. The number of nitrogens with one attached hydrogen (secondary N) is 2. The molecule has 6 nitrogen and oxygen atoms in total. The van der Waals surface area contributed by atoms with Gasteiger partial charge in [-0.05, 0) is 37.7 Å². The number of rotatable bonds is 4. The zero-order valence-electron chi connectivity index (χ0n) is 15.4. The second kappa shape index (κ2) is 6.76. The Hall–Kier alpha value is -2.34. The highest BCUT2D eigenvalue weighted by Crippen LogP contribution is 2.37. The maximum absolute atomic E-state index is 11.8. The van der Waals surface area contributed by atoms with E-state index < -0.39 is 0 Å². The molecule has 1 saturated carbocycles. The van der Waals surface area contributed by atoms with Crippen LogP contribution in [0.25, 0.3) is 0 Å². The Morgan fingerprint density at radius 3 is 2.54 bits per heavy atom. The number of aryl methyl sites for hydroxylation is 1. The van der Waals surface area contributed by atoms with Crippen molar-refractivity contribution in [3.05, 3.63) is 62.3 Å². The van der Waals surface area contributed by atoms with Crippen LogP contribution in [0.4, 0.5) is 5.82 Å². The molecule has 2 aliphatic rings. The summed E-state index contributed by atoms with van der Waals surface area (Å²) in [4.78, 5) is 28.5. The maximum atomic E-state index is 11.8. The number of benzene rings is 1. The molecule has 26 heavy (non-hydrogen) atoms. The van der Waals surface area contributed by atoms with Crippen molar-refractivity contribution in [1.82, 2.24) is 14.9 Å². The first-order chi connectivity index (χ1) is 12.5. The Kier molecular flexibility index (Phi) is 4.44. The molecule has 1 aliphatic carbocycles. The van der Waals surface area contributed by atoms with E-state index in [9.17, 15) is 9.59 Å². The molecular weight excluding hydrogens is 328 g/mol. The lowest BCUT2D eigenvalue weighted by Gasteiger charge is -2.38. The molecule has 1 atom stereocenters. The lowest BCUT2D eigenvalue weighted by molar-refractivity contribution is 0.270. The van der Waals surface area contributed by atoms with Crippen molar-refractivity contribution < 1.29 is 0 Å². The second-order valence-corrected chi connectivity index (χ2v) is 7.73. The molecule has 0 unspecified atom stereocenters. The van der Waals surface area contributed by atoms with E-state index in [2.05, 4.69) is 46.4 Å². The predicted molar refractivity (Wildman–Crippen MR) is 103 cm³/mol. The summed E-state index contributed by atoms with van der Waals surface area (Å²) in [7, 11) is 1.49. The molecule has 0 radical (unpaired) electrons. The molecule has 0 spiro atoms. The summed E-state index contributed by atoms with van der Waals surface area (Å²) in [5, 5.41) is 3.75. The number of aromatic nitrogens is 2. The molecule has 2 fully saturated rings. The van der Waals surface area contributed by atoms with E-state index >= 15 is 0 Å². The fourth-order valence-corrected chi connectivity index (χ4v) is 4.03. The second-order valence-electron chi connectivity index (χ2n) is 7.73. The van der Waals surface area contributed by atoms with Crippen LogP contribution in [0.1, 0.15) is 36.3 Å². The van der Waals surface area contributed by atoms with Crippen LogP contribution in [0.3, 0.4) is 0 Å². The van der Waals surface area contributed by atoms with Gasteiger partial charge in [0, 0.05) is 38.3 Å². The van der Waals surface area contributed by atoms with Gasteiger partial charge in [-0.25, -0.2) is 4.79 Å². The normalized spacial score (nSPS) is 25.3. The van der Waals surface area contributed by atoms with Crippen LogP contribution in [0.2, 0.25) is 0 Å². The van der Waals surface area contributed by atoms with Gasteiger partial charge >= 0.3 is 5.69 Å². The van der Waals surface area contributed by atoms with Crippen LogP contribution < -0.4 is 21.5 Å². The molecule has 2 aromatic rings. The minimum absolute atomic E-state index is 0.264. The minimum atomic E-state index is -0.358. The largest absolute Gasteiger partial charge is 0.356 e. The topological polar surface area (TPSA) is 70.1 Å². The van der Waals surface area contributed by atoms with Crippen molar-refractivity contribution in [2.75, 3.05) is 18.0 Å². The Balaban J connectivity index is 1.31. The van der Waals surface area contributed by atoms with Crippen LogP contribution >= 0.6 is 0 Å². The van der Waals surface area contributed by atoms with E-state index in [0.29, 0.717) is 23.8 Å². The number of nitrogens with zero attached hydrogens (tertiary/aromatic N) is 2. The van der Waals surface area contributed by atoms with Crippen LogP contribution in [0, 0.1) is 6.92 Å². The maximum Gasteiger partial charge on any atom is 0.329 e. The van der Waals surface area contributed by atoms with Crippen molar-refractivity contribution in [2.45, 2.75) is 44.2 Å². The molecule has 4 rings (SSSR count). The van der Waals surface area contributed by atoms with Crippen molar-refractivity contribution in [3.8, 4) is 0 Å². The van der Waals surface area contributed by atoms with Gasteiger partial charge in [-0.3, -0.25) is 14.3 Å². The summed E-state index contributed by atoms with van der Waals surface area (Å²) < 4.78 is 1.09. The number of aromatic amines is 1. The zero-order valence-corrected chi connectivity index (χ0v) is 15.4. The van der Waals surface area contributed by atoms with Crippen LogP contribution in [0.15, 0.2) is 39.9 Å². The average molecular weight is 354 g/mol. The summed E-state index contributed by atoms with van der Waals surface area (Å²) >= 11 is 0. The number of anilines is 1. The third kappa shape index (κ3) is 3.33. The molecule has 138 valence electrons. The van der Waals surface area contributed by atoms with E-state index in [1.807, 2.05) is 0 Å². The fourth-order valence-electron chi connectivity index (χ4n) is 4.03. The standard InChI is InChI=1S/C20H26N4O2/c1-13-3-5-14(6-4-13)15-9-17(10-15)21-16-7-8-24(12-16)18-11-19(25)23(2)20(26)22-18/h3-6,11,15-17,21H,7-10,12H2,1-2H3,(H,22,26)/t15?,16-,17?/m1/s1. The van der Waals surface area contributed by atoms with Crippen molar-refractivity contribution in [1.29, 1.82) is 0 Å². The lowest BCUT2D eigenvalue weighted by Crippen LogP contribution is -2.46. The summed E-state index contributed by atoms with van der Waals surface area (Å²) in [6, 6.07) is 11.4. The van der Waals surface area contributed by atoms with Gasteiger partial charge in [-0.15, -0.1) is 0 Å². The Morgan fingerprint density at radius 1 is 1.12 bits per heavy atom. The van der Waals surface area contributed by atoms with Gasteiger partial charge < -0.3 is 10.2 Å². The van der Waals surface area contributed by atoms with Crippen LogP contribution in [-0.4, -0.2) is 34.7 Å². The van der Waals surface area contributed by atoms with Gasteiger partial charge in [0.25, 0.3) is 5.56 Å². The Morgan fingerprint density at radius 2 is 1.85 bits per heavy atom. The van der Waals surface area contributed by atoms with Crippen molar-refractivity contribution >= 4 is 5.82 Å². The average Bonchev–Trinajstić information content (AvgIpc) is 3.05. The highest BCUT2D eigenvalue weighted by Gasteiger charge is 2.33. The SMILES string of the molecule is Cc1ccc(C2CC(N[C@@H]3CCN(c4cc(=O)n(C)c(=O)[nH]4)C3)C2)cc1. The highest BCUT2D eigenvalue weighted by molar-refractivity contribution is 5.38. The lowest BCUT2D eigenvalue weighted by atomic mass is 9.75. The van der Waals surface area contributed by atoms with Gasteiger partial charge in [-0.1, -0.05) is 29.8 Å². The van der Waals surface area contributed by atoms with E-state index in [0.717, 1.165) is 24.1 Å². The van der Waals surface area contributed by atoms with Gasteiger partial charge in [0.2, 0.25) is 0 Å². The minimum Gasteiger partial charge on any atom is -0.356 e. The third-order valence-corrected chi connectivity index (χ3v) is 5.82. The van der Waals surface area contributed by atoms with Crippen LogP contribution in [0.5, 0.6) is 0 Å². The van der Waals surface area contributed by atoms with E-state index in [1.54, 1.807) is 0 Å². The first-order valence-corrected chi connectivity index (χ1v) is 9.37. The predicted octanol–water partition coefficient (Wildman–Crippen LogP) is 1.50. The monoisotopic (exact) mass is 354 g/mol. The van der Waals surface area contributed by atoms with E-state index in [-0.39, 0.29) is 11.2 Å². The quantitative estimate of drug-likeness (QED) is 0.873. The molecular formula is C20H26N4O2. The number of hydrogen-bond donors (Lipinski definition) is 2. The number of H-pyrrole nitrogens is 1. The molecule has 2 N–H and O–H groups in total. The molecule has 2 heterocycles. The molecule has 0 amide bonds. The molecule has 1 saturated heterocycles. The van der Waals surface area contributed by atoms with Gasteiger partial charge in [0.1, 0.15) is 5.82 Å². The molecule has 1 aromatic heterocycles. The summed E-state index contributed by atoms with van der Waals surface area (Å²) in [5.41, 5.74) is 2.13. The first kappa shape index (κ1) is 17.1. The molecule has 0 bridgehead atoms. The van der Waals surface area contributed by atoms with Gasteiger partial charge in [-0.2, -0.15) is 0 Å². The van der Waals surface area contributed by atoms with E-state index in [1.165, 1.54) is 37.1 Å². The number of hydrogen-bond acceptors (Lipinski definition) is 4. The first-order valence-electron chi connectivity index (χ1n) is 9.37. The molecule has 1 aromatic carbocycles. The van der Waals surface area contributed by atoms with Gasteiger partial charge in [0.05, 0.1) is 0 Å². The Bertz CT molecular complexity index is 862. The molecule has 1 aliphatic heterocycles. The van der Waals surface area contributed by atoms with Crippen LogP contribution in [-0.2, 0) is 7.05 Å². The fraction of sp³-hybridized carbons (Fsp3) is 0.500.